The molecular weight excluding hydrogens is 176 g/mol. The highest BCUT2D eigenvalue weighted by Gasteiger charge is 2.01. The van der Waals surface area contributed by atoms with Crippen LogP contribution < -0.4 is 0 Å². The average molecular weight is 190 g/mol. The second-order valence-corrected chi connectivity index (χ2v) is 3.41. The largest absolute Gasteiger partial charge is 0.465 e. The lowest BCUT2D eigenvalue weighted by atomic mass is 10.4. The predicted octanol–water partition coefficient (Wildman–Crippen LogP) is 1.26. The summed E-state index contributed by atoms with van der Waals surface area (Å²) in [5.41, 5.74) is 0. The molecule has 0 spiro atoms. The third-order valence-electron chi connectivity index (χ3n) is 1.12. The molecule has 3 nitrogen and oxygen atoms in total. The van der Waals surface area contributed by atoms with Crippen LogP contribution in [0.25, 0.3) is 0 Å². The van der Waals surface area contributed by atoms with Crippen molar-refractivity contribution in [2.75, 3.05) is 18.1 Å². The predicted molar refractivity (Wildman–Crippen MR) is 49.3 cm³/mol. The maximum absolute atomic E-state index is 10.8. The molecule has 0 bridgehead atoms. The van der Waals surface area contributed by atoms with Gasteiger partial charge in [-0.05, 0) is 13.8 Å². The van der Waals surface area contributed by atoms with Gasteiger partial charge in [0.1, 0.15) is 5.78 Å². The second kappa shape index (κ2) is 7.16. The Balaban J connectivity index is 3.19. The minimum absolute atomic E-state index is 0.159. The molecule has 0 aliphatic heterocycles. The van der Waals surface area contributed by atoms with Crippen molar-refractivity contribution < 1.29 is 14.3 Å². The standard InChI is InChI=1S/C8H14O3S/c1-3-11-8(10)6-12-5-4-7(2)9/h3-6H2,1-2H3. The SMILES string of the molecule is CCOC(=O)CSCCC(C)=O. The van der Waals surface area contributed by atoms with Crippen LogP contribution in [0, 0.1) is 0 Å². The molecule has 0 rings (SSSR count). The summed E-state index contributed by atoms with van der Waals surface area (Å²) in [6.07, 6.45) is 0.532. The molecule has 0 aromatic carbocycles. The van der Waals surface area contributed by atoms with Gasteiger partial charge in [0.05, 0.1) is 12.4 Å². The Labute approximate surface area is 76.9 Å². The first-order valence-corrected chi connectivity index (χ1v) is 5.05. The van der Waals surface area contributed by atoms with Gasteiger partial charge in [0.2, 0.25) is 0 Å². The van der Waals surface area contributed by atoms with Crippen molar-refractivity contribution in [2.24, 2.45) is 0 Å². The van der Waals surface area contributed by atoms with Crippen LogP contribution in [0.2, 0.25) is 0 Å². The molecule has 0 atom stereocenters. The van der Waals surface area contributed by atoms with Crippen molar-refractivity contribution in [3.63, 3.8) is 0 Å². The zero-order chi connectivity index (χ0) is 9.40. The van der Waals surface area contributed by atoms with Crippen LogP contribution in [0.5, 0.6) is 0 Å². The van der Waals surface area contributed by atoms with Crippen LogP contribution in [0.4, 0.5) is 0 Å². The molecule has 70 valence electrons. The van der Waals surface area contributed by atoms with Gasteiger partial charge in [0, 0.05) is 12.2 Å². The fraction of sp³-hybridized carbons (Fsp3) is 0.750. The summed E-state index contributed by atoms with van der Waals surface area (Å²) in [7, 11) is 0. The molecule has 0 heterocycles. The van der Waals surface area contributed by atoms with Gasteiger partial charge in [-0.15, -0.1) is 11.8 Å². The molecule has 12 heavy (non-hydrogen) atoms. The molecular formula is C8H14O3S. The molecule has 0 aromatic heterocycles. The number of ether oxygens (including phenoxy) is 1. The second-order valence-electron chi connectivity index (χ2n) is 2.31. The highest BCUT2D eigenvalue weighted by molar-refractivity contribution is 7.99. The number of ketones is 1. The first-order valence-electron chi connectivity index (χ1n) is 3.89. The first-order chi connectivity index (χ1) is 5.66. The van der Waals surface area contributed by atoms with E-state index in [-0.39, 0.29) is 11.8 Å². The molecule has 0 amide bonds. The Morgan fingerprint density at radius 3 is 2.58 bits per heavy atom. The van der Waals surface area contributed by atoms with E-state index in [4.69, 9.17) is 4.74 Å². The summed E-state index contributed by atoms with van der Waals surface area (Å²) in [5, 5.41) is 0. The topological polar surface area (TPSA) is 43.4 Å². The van der Waals surface area contributed by atoms with Crippen molar-refractivity contribution in [1.82, 2.24) is 0 Å². The molecule has 0 N–H and O–H groups in total. The maximum Gasteiger partial charge on any atom is 0.315 e. The number of hydrogen-bond donors (Lipinski definition) is 0. The number of Topliss-reactive ketones (excluding diaryl/α,β-unsaturated/α-hetero) is 1. The fourth-order valence-corrected chi connectivity index (χ4v) is 1.40. The maximum atomic E-state index is 10.8. The lowest BCUT2D eigenvalue weighted by molar-refractivity contribution is -0.139. The van der Waals surface area contributed by atoms with Crippen molar-refractivity contribution in [3.05, 3.63) is 0 Å². The van der Waals surface area contributed by atoms with Crippen molar-refractivity contribution in [1.29, 1.82) is 0 Å². The molecule has 0 aromatic rings. The van der Waals surface area contributed by atoms with E-state index < -0.39 is 0 Å². The van der Waals surface area contributed by atoms with Crippen LogP contribution in [-0.4, -0.2) is 29.9 Å². The lowest BCUT2D eigenvalue weighted by Crippen LogP contribution is -2.07. The van der Waals surface area contributed by atoms with E-state index in [1.165, 1.54) is 11.8 Å². The Morgan fingerprint density at radius 1 is 1.42 bits per heavy atom. The van der Waals surface area contributed by atoms with Crippen LogP contribution >= 0.6 is 11.8 Å². The van der Waals surface area contributed by atoms with Crippen molar-refractivity contribution in [3.8, 4) is 0 Å². The number of carbonyl (C=O) groups is 2. The summed E-state index contributed by atoms with van der Waals surface area (Å²) in [6, 6.07) is 0. The molecule has 0 saturated carbocycles. The lowest BCUT2D eigenvalue weighted by Gasteiger charge is -1.99. The highest BCUT2D eigenvalue weighted by atomic mass is 32.2. The van der Waals surface area contributed by atoms with E-state index in [1.807, 2.05) is 0 Å². The fourth-order valence-electron chi connectivity index (χ4n) is 0.574. The Bertz CT molecular complexity index is 156. The van der Waals surface area contributed by atoms with E-state index >= 15 is 0 Å². The zero-order valence-electron chi connectivity index (χ0n) is 7.46. The molecule has 0 unspecified atom stereocenters. The van der Waals surface area contributed by atoms with E-state index in [2.05, 4.69) is 0 Å². The van der Waals surface area contributed by atoms with Gasteiger partial charge in [0.25, 0.3) is 0 Å². The summed E-state index contributed by atoms with van der Waals surface area (Å²) < 4.78 is 4.70. The van der Waals surface area contributed by atoms with E-state index in [1.54, 1.807) is 13.8 Å². The smallest absolute Gasteiger partial charge is 0.315 e. The Kier molecular flexibility index (Phi) is 6.85. The highest BCUT2D eigenvalue weighted by Crippen LogP contribution is 2.03. The Hall–Kier alpha value is -0.510. The van der Waals surface area contributed by atoms with Crippen molar-refractivity contribution >= 4 is 23.5 Å². The van der Waals surface area contributed by atoms with Gasteiger partial charge in [-0.3, -0.25) is 9.59 Å². The molecule has 0 saturated heterocycles. The number of carbonyl (C=O) groups excluding carboxylic acids is 2. The van der Waals surface area contributed by atoms with Crippen molar-refractivity contribution in [2.45, 2.75) is 20.3 Å². The monoisotopic (exact) mass is 190 g/mol. The zero-order valence-corrected chi connectivity index (χ0v) is 8.28. The van der Waals surface area contributed by atoms with Crippen LogP contribution in [-0.2, 0) is 14.3 Å². The number of rotatable bonds is 6. The van der Waals surface area contributed by atoms with Gasteiger partial charge < -0.3 is 4.74 Å². The van der Waals surface area contributed by atoms with Crippen LogP contribution in [0.1, 0.15) is 20.3 Å². The average Bonchev–Trinajstić information content (AvgIpc) is 1.98. The van der Waals surface area contributed by atoms with E-state index in [0.29, 0.717) is 24.5 Å². The van der Waals surface area contributed by atoms with Gasteiger partial charge in [-0.2, -0.15) is 0 Å². The molecule has 0 aliphatic rings. The number of thioether (sulfide) groups is 1. The molecule has 0 aliphatic carbocycles. The summed E-state index contributed by atoms with van der Waals surface area (Å²) in [5.74, 6) is 1.01. The van der Waals surface area contributed by atoms with E-state index in [9.17, 15) is 9.59 Å². The third kappa shape index (κ3) is 7.60. The number of esters is 1. The van der Waals surface area contributed by atoms with Gasteiger partial charge in [0.15, 0.2) is 0 Å². The summed E-state index contributed by atoms with van der Waals surface area (Å²) >= 11 is 1.43. The van der Waals surface area contributed by atoms with Gasteiger partial charge in [-0.25, -0.2) is 0 Å². The minimum atomic E-state index is -0.203. The first kappa shape index (κ1) is 11.5. The minimum Gasteiger partial charge on any atom is -0.465 e. The van der Waals surface area contributed by atoms with Gasteiger partial charge in [-0.1, -0.05) is 0 Å². The third-order valence-corrected chi connectivity index (χ3v) is 2.06. The normalized spacial score (nSPS) is 9.50. The van der Waals surface area contributed by atoms with Gasteiger partial charge >= 0.3 is 5.97 Å². The van der Waals surface area contributed by atoms with Crippen LogP contribution in [0.15, 0.2) is 0 Å². The summed E-state index contributed by atoms with van der Waals surface area (Å²) in [4.78, 5) is 21.2. The van der Waals surface area contributed by atoms with Crippen LogP contribution in [0.3, 0.4) is 0 Å². The number of hydrogen-bond acceptors (Lipinski definition) is 4. The summed E-state index contributed by atoms with van der Waals surface area (Å²) in [6.45, 7) is 3.75. The quantitative estimate of drug-likeness (QED) is 0.467. The molecule has 0 fully saturated rings. The molecule has 0 radical (unpaired) electrons. The van der Waals surface area contributed by atoms with E-state index in [0.717, 1.165) is 0 Å². The Morgan fingerprint density at radius 2 is 2.08 bits per heavy atom. The molecule has 4 heteroatoms.